The van der Waals surface area contributed by atoms with Crippen molar-refractivity contribution in [2.75, 3.05) is 7.11 Å². The summed E-state index contributed by atoms with van der Waals surface area (Å²) in [5.41, 5.74) is 4.78. The van der Waals surface area contributed by atoms with Gasteiger partial charge in [0.25, 0.3) is 0 Å². The predicted octanol–water partition coefficient (Wildman–Crippen LogP) is 3.94. The number of alkyl carbamates (subject to hydrolysis) is 1. The van der Waals surface area contributed by atoms with E-state index in [1.807, 2.05) is 34.6 Å². The van der Waals surface area contributed by atoms with Crippen molar-refractivity contribution in [2.24, 2.45) is 17.6 Å². The molecule has 7 nitrogen and oxygen atoms in total. The molecular weight excluding hydrogens is 408 g/mol. The number of methoxy groups -OCH3 is 1. The molecule has 4 N–H and O–H groups in total. The van der Waals surface area contributed by atoms with Crippen LogP contribution in [0.25, 0.3) is 0 Å². The fraction of sp³-hybridized carbons (Fsp3) is 0.909. The first-order chi connectivity index (χ1) is 13.3. The first kappa shape index (κ1) is 28.9. The van der Waals surface area contributed by atoms with Gasteiger partial charge in [-0.15, -0.1) is 12.4 Å². The second-order valence-corrected chi connectivity index (χ2v) is 9.98. The lowest BCUT2D eigenvalue weighted by Gasteiger charge is -2.34. The second kappa shape index (κ2) is 12.7. The first-order valence-electron chi connectivity index (χ1n) is 10.9. The van der Waals surface area contributed by atoms with E-state index in [0.29, 0.717) is 12.0 Å². The number of aliphatic hydroxyl groups is 1. The van der Waals surface area contributed by atoms with E-state index in [9.17, 15) is 14.7 Å². The molecule has 0 spiro atoms. The SMILES string of the molecule is CC(C)(O)C1CCC(N)CC1.COC(=O)C1CCC(NC(=O)OC(C)(C)C)CC1.Cl. The van der Waals surface area contributed by atoms with Crippen LogP contribution in [0.1, 0.15) is 86.0 Å². The van der Waals surface area contributed by atoms with E-state index < -0.39 is 11.2 Å². The molecule has 2 fully saturated rings. The van der Waals surface area contributed by atoms with Gasteiger partial charge in [0.15, 0.2) is 0 Å². The van der Waals surface area contributed by atoms with E-state index in [2.05, 4.69) is 5.32 Å². The number of halogens is 1. The first-order valence-corrected chi connectivity index (χ1v) is 10.9. The summed E-state index contributed by atoms with van der Waals surface area (Å²) >= 11 is 0. The minimum Gasteiger partial charge on any atom is -0.469 e. The van der Waals surface area contributed by atoms with Gasteiger partial charge in [-0.1, -0.05) is 0 Å². The fourth-order valence-electron chi connectivity index (χ4n) is 3.94. The van der Waals surface area contributed by atoms with Crippen molar-refractivity contribution in [2.45, 2.75) is 109 Å². The highest BCUT2D eigenvalue weighted by molar-refractivity contribution is 5.85. The monoisotopic (exact) mass is 450 g/mol. The molecule has 0 saturated heterocycles. The number of carbonyl (C=O) groups excluding carboxylic acids is 2. The molecule has 0 unspecified atom stereocenters. The third-order valence-corrected chi connectivity index (χ3v) is 5.75. The van der Waals surface area contributed by atoms with E-state index in [0.717, 1.165) is 51.4 Å². The van der Waals surface area contributed by atoms with Gasteiger partial charge < -0.3 is 25.6 Å². The standard InChI is InChI=1S/C13H23NO4.C9H19NO.ClH/c1-13(2,3)18-12(16)14-10-7-5-9(6-8-10)11(15)17-4;1-9(2,11)7-3-5-8(10)6-4-7;/h9-10H,5-8H2,1-4H3,(H,14,16);7-8,11H,3-6,10H2,1-2H3;1H. The van der Waals surface area contributed by atoms with Crippen LogP contribution >= 0.6 is 12.4 Å². The molecule has 0 aromatic rings. The van der Waals surface area contributed by atoms with Crippen LogP contribution in [0.15, 0.2) is 0 Å². The normalized spacial score (nSPS) is 26.9. The van der Waals surface area contributed by atoms with Crippen LogP contribution in [0.5, 0.6) is 0 Å². The molecule has 30 heavy (non-hydrogen) atoms. The molecule has 0 bridgehead atoms. The molecule has 0 aromatic carbocycles. The van der Waals surface area contributed by atoms with Crippen LogP contribution in [0.4, 0.5) is 4.79 Å². The Kier molecular flexibility index (Phi) is 12.3. The van der Waals surface area contributed by atoms with Crippen molar-refractivity contribution in [3.05, 3.63) is 0 Å². The molecule has 2 aliphatic carbocycles. The summed E-state index contributed by atoms with van der Waals surface area (Å²) in [7, 11) is 1.41. The minimum atomic E-state index is -0.500. The lowest BCUT2D eigenvalue weighted by molar-refractivity contribution is -0.146. The van der Waals surface area contributed by atoms with Crippen LogP contribution < -0.4 is 11.1 Å². The molecule has 0 radical (unpaired) electrons. The summed E-state index contributed by atoms with van der Waals surface area (Å²) in [5.74, 6) is 0.291. The molecule has 0 aromatic heterocycles. The average molecular weight is 451 g/mol. The third-order valence-electron chi connectivity index (χ3n) is 5.75. The number of carbonyl (C=O) groups is 2. The molecule has 0 atom stereocenters. The average Bonchev–Trinajstić information content (AvgIpc) is 2.60. The highest BCUT2D eigenvalue weighted by Crippen LogP contribution is 2.31. The maximum atomic E-state index is 11.6. The number of ether oxygens (including phenoxy) is 2. The van der Waals surface area contributed by atoms with Gasteiger partial charge in [-0.05, 0) is 91.9 Å². The van der Waals surface area contributed by atoms with E-state index >= 15 is 0 Å². The smallest absolute Gasteiger partial charge is 0.407 e. The van der Waals surface area contributed by atoms with Gasteiger partial charge in [-0.2, -0.15) is 0 Å². The second-order valence-electron chi connectivity index (χ2n) is 9.98. The summed E-state index contributed by atoms with van der Waals surface area (Å²) in [6.45, 7) is 9.30. The number of amides is 1. The van der Waals surface area contributed by atoms with Crippen LogP contribution in [0, 0.1) is 11.8 Å². The van der Waals surface area contributed by atoms with Crippen molar-refractivity contribution in [3.63, 3.8) is 0 Å². The summed E-state index contributed by atoms with van der Waals surface area (Å²) in [4.78, 5) is 22.9. The molecule has 0 aliphatic heterocycles. The Morgan fingerprint density at radius 1 is 0.933 bits per heavy atom. The highest BCUT2D eigenvalue weighted by atomic mass is 35.5. The van der Waals surface area contributed by atoms with Gasteiger partial charge in [-0.25, -0.2) is 4.79 Å². The molecular formula is C22H43ClN2O5. The fourth-order valence-corrected chi connectivity index (χ4v) is 3.94. The number of esters is 1. The predicted molar refractivity (Wildman–Crippen MR) is 121 cm³/mol. The van der Waals surface area contributed by atoms with Crippen LogP contribution in [0.2, 0.25) is 0 Å². The van der Waals surface area contributed by atoms with E-state index in [1.54, 1.807) is 0 Å². The van der Waals surface area contributed by atoms with Crippen molar-refractivity contribution in [3.8, 4) is 0 Å². The molecule has 1 amide bonds. The van der Waals surface area contributed by atoms with Gasteiger partial charge in [0, 0.05) is 12.1 Å². The molecule has 2 saturated carbocycles. The van der Waals surface area contributed by atoms with E-state index in [-0.39, 0.29) is 36.4 Å². The Bertz CT molecular complexity index is 515. The summed E-state index contributed by atoms with van der Waals surface area (Å²) in [6.07, 6.45) is 7.04. The summed E-state index contributed by atoms with van der Waals surface area (Å²) in [6, 6.07) is 0.481. The third kappa shape index (κ3) is 11.4. The van der Waals surface area contributed by atoms with Gasteiger partial charge in [0.05, 0.1) is 18.6 Å². The quantitative estimate of drug-likeness (QED) is 0.561. The Hall–Kier alpha value is -1.05. The Balaban J connectivity index is 0.000000603. The largest absolute Gasteiger partial charge is 0.469 e. The molecule has 8 heteroatoms. The summed E-state index contributed by atoms with van der Waals surface area (Å²) < 4.78 is 9.92. The van der Waals surface area contributed by atoms with Crippen LogP contribution in [0.3, 0.4) is 0 Å². The van der Waals surface area contributed by atoms with Gasteiger partial charge >= 0.3 is 12.1 Å². The maximum Gasteiger partial charge on any atom is 0.407 e. The van der Waals surface area contributed by atoms with E-state index in [4.69, 9.17) is 15.2 Å². The number of nitrogens with one attached hydrogen (secondary N) is 1. The molecule has 2 rings (SSSR count). The topological polar surface area (TPSA) is 111 Å². The minimum absolute atomic E-state index is 0. The lowest BCUT2D eigenvalue weighted by Crippen LogP contribution is -2.41. The van der Waals surface area contributed by atoms with Gasteiger partial charge in [-0.3, -0.25) is 4.79 Å². The number of hydrogen-bond donors (Lipinski definition) is 3. The zero-order valence-corrected chi connectivity index (χ0v) is 20.3. The Morgan fingerprint density at radius 3 is 1.83 bits per heavy atom. The van der Waals surface area contributed by atoms with Crippen molar-refractivity contribution in [1.82, 2.24) is 5.32 Å². The van der Waals surface area contributed by atoms with Gasteiger partial charge in [0.1, 0.15) is 5.60 Å². The number of hydrogen-bond acceptors (Lipinski definition) is 6. The zero-order valence-electron chi connectivity index (χ0n) is 19.5. The van der Waals surface area contributed by atoms with E-state index in [1.165, 1.54) is 7.11 Å². The summed E-state index contributed by atoms with van der Waals surface area (Å²) in [5, 5.41) is 12.5. The zero-order chi connectivity index (χ0) is 22.2. The van der Waals surface area contributed by atoms with Crippen molar-refractivity contribution in [1.29, 1.82) is 0 Å². The highest BCUT2D eigenvalue weighted by Gasteiger charge is 2.30. The molecule has 0 heterocycles. The van der Waals surface area contributed by atoms with Crippen molar-refractivity contribution < 1.29 is 24.2 Å². The number of rotatable bonds is 3. The van der Waals surface area contributed by atoms with Gasteiger partial charge in [0.2, 0.25) is 0 Å². The molecule has 178 valence electrons. The van der Waals surface area contributed by atoms with Crippen LogP contribution in [-0.4, -0.2) is 47.6 Å². The Labute approximate surface area is 188 Å². The maximum absolute atomic E-state index is 11.6. The van der Waals surface area contributed by atoms with Crippen LogP contribution in [-0.2, 0) is 14.3 Å². The van der Waals surface area contributed by atoms with Crippen molar-refractivity contribution >= 4 is 24.5 Å². The number of nitrogens with two attached hydrogens (primary N) is 1. The molecule has 2 aliphatic rings. The Morgan fingerprint density at radius 2 is 1.43 bits per heavy atom. The lowest BCUT2D eigenvalue weighted by atomic mass is 9.77.